The van der Waals surface area contributed by atoms with Crippen LogP contribution in [0.25, 0.3) is 11.0 Å². The maximum absolute atomic E-state index is 13.5. The van der Waals surface area contributed by atoms with Crippen LogP contribution in [0.5, 0.6) is 11.5 Å². The Bertz CT molecular complexity index is 1490. The summed E-state index contributed by atoms with van der Waals surface area (Å²) in [6.07, 6.45) is -3.11. The van der Waals surface area contributed by atoms with Gasteiger partial charge < -0.3 is 20.7 Å². The van der Waals surface area contributed by atoms with Crippen molar-refractivity contribution in [3.63, 3.8) is 0 Å². The summed E-state index contributed by atoms with van der Waals surface area (Å²) in [5.74, 6) is -0.490. The van der Waals surface area contributed by atoms with E-state index in [0.717, 1.165) is 43.5 Å². The van der Waals surface area contributed by atoms with Crippen LogP contribution in [0.3, 0.4) is 0 Å². The van der Waals surface area contributed by atoms with Crippen molar-refractivity contribution in [1.82, 2.24) is 20.2 Å². The molecular formula is C27H24F4N6O2. The Morgan fingerprint density at radius 1 is 0.949 bits per heavy atom. The largest absolute Gasteiger partial charge is 0.457 e. The number of nitrogens with zero attached hydrogens (tertiary/aromatic N) is 3. The second kappa shape index (κ2) is 11.2. The van der Waals surface area contributed by atoms with Crippen LogP contribution in [0.15, 0.2) is 66.9 Å². The predicted molar refractivity (Wildman–Crippen MR) is 138 cm³/mol. The van der Waals surface area contributed by atoms with Crippen molar-refractivity contribution in [1.29, 1.82) is 0 Å². The van der Waals surface area contributed by atoms with E-state index >= 15 is 0 Å². The highest BCUT2D eigenvalue weighted by Crippen LogP contribution is 2.33. The summed E-state index contributed by atoms with van der Waals surface area (Å²) in [6.45, 7) is 4.49. The Balaban J connectivity index is 1.25. The Morgan fingerprint density at radius 2 is 1.69 bits per heavy atom. The van der Waals surface area contributed by atoms with Crippen molar-refractivity contribution in [2.75, 3.05) is 36.8 Å². The number of carbonyl (C=O) groups excluding carboxylic acids is 1. The molecule has 0 aliphatic carbocycles. The third-order valence-corrected chi connectivity index (χ3v) is 6.02. The van der Waals surface area contributed by atoms with Gasteiger partial charge in [0.2, 0.25) is 0 Å². The molecule has 3 N–H and O–H groups in total. The van der Waals surface area contributed by atoms with Crippen molar-refractivity contribution < 1.29 is 27.1 Å². The molecule has 12 heteroatoms. The number of piperazine rings is 1. The van der Waals surface area contributed by atoms with Gasteiger partial charge in [0, 0.05) is 56.2 Å². The average Bonchev–Trinajstić information content (AvgIpc) is 2.90. The molecule has 3 aromatic carbocycles. The molecule has 0 spiro atoms. The molecule has 1 fully saturated rings. The second-order valence-electron chi connectivity index (χ2n) is 8.94. The van der Waals surface area contributed by atoms with E-state index in [1.807, 2.05) is 0 Å². The number of benzene rings is 3. The molecule has 0 atom stereocenters. The van der Waals surface area contributed by atoms with Crippen LogP contribution in [-0.4, -0.2) is 47.1 Å². The Hall–Kier alpha value is -4.29. The lowest BCUT2D eigenvalue weighted by atomic mass is 10.2. The molecule has 2 amide bonds. The lowest BCUT2D eigenvalue weighted by molar-refractivity contribution is -0.139. The molecule has 4 aromatic rings. The first-order valence-electron chi connectivity index (χ1n) is 12.1. The van der Waals surface area contributed by atoms with Crippen molar-refractivity contribution in [2.45, 2.75) is 12.7 Å². The molecule has 39 heavy (non-hydrogen) atoms. The lowest BCUT2D eigenvalue weighted by Gasteiger charge is -2.26. The number of urea groups is 1. The van der Waals surface area contributed by atoms with Crippen LogP contribution in [0.1, 0.15) is 11.3 Å². The summed E-state index contributed by atoms with van der Waals surface area (Å²) >= 11 is 0. The zero-order valence-corrected chi connectivity index (χ0v) is 20.6. The van der Waals surface area contributed by atoms with Crippen LogP contribution < -0.4 is 20.7 Å². The Kier molecular flexibility index (Phi) is 7.57. The summed E-state index contributed by atoms with van der Waals surface area (Å²) in [5.41, 5.74) is 0.942. The van der Waals surface area contributed by atoms with E-state index in [4.69, 9.17) is 9.72 Å². The van der Waals surface area contributed by atoms with E-state index < -0.39 is 23.6 Å². The minimum atomic E-state index is -4.88. The number of hydrogen-bond acceptors (Lipinski definition) is 6. The predicted octanol–water partition coefficient (Wildman–Crippen LogP) is 5.63. The van der Waals surface area contributed by atoms with Gasteiger partial charge in [-0.2, -0.15) is 13.2 Å². The van der Waals surface area contributed by atoms with Gasteiger partial charge in [-0.3, -0.25) is 9.88 Å². The van der Waals surface area contributed by atoms with Gasteiger partial charge in [0.1, 0.15) is 17.3 Å². The second-order valence-corrected chi connectivity index (χ2v) is 8.94. The van der Waals surface area contributed by atoms with Gasteiger partial charge in [-0.05, 0) is 42.5 Å². The summed E-state index contributed by atoms with van der Waals surface area (Å²) in [4.78, 5) is 23.9. The molecule has 0 unspecified atom stereocenters. The number of fused-ring (bicyclic) bond motifs is 1. The molecular weight excluding hydrogens is 516 g/mol. The molecule has 2 heterocycles. The van der Waals surface area contributed by atoms with Gasteiger partial charge in [-0.1, -0.05) is 6.07 Å². The van der Waals surface area contributed by atoms with Crippen molar-refractivity contribution in [3.05, 3.63) is 83.9 Å². The van der Waals surface area contributed by atoms with E-state index in [-0.39, 0.29) is 5.69 Å². The van der Waals surface area contributed by atoms with E-state index in [9.17, 15) is 22.4 Å². The third kappa shape index (κ3) is 6.78. The molecule has 8 nitrogen and oxygen atoms in total. The van der Waals surface area contributed by atoms with Gasteiger partial charge in [-0.25, -0.2) is 14.2 Å². The van der Waals surface area contributed by atoms with E-state index in [1.165, 1.54) is 0 Å². The van der Waals surface area contributed by atoms with Crippen LogP contribution in [0.4, 0.5) is 33.7 Å². The summed E-state index contributed by atoms with van der Waals surface area (Å²) in [6, 6.07) is 13.3. The fourth-order valence-electron chi connectivity index (χ4n) is 4.15. The molecule has 0 radical (unpaired) electrons. The van der Waals surface area contributed by atoms with Gasteiger partial charge in [0.15, 0.2) is 0 Å². The number of hydrogen-bond donors (Lipinski definition) is 3. The maximum atomic E-state index is 13.5. The number of aromatic nitrogens is 2. The minimum absolute atomic E-state index is 0.206. The summed E-state index contributed by atoms with van der Waals surface area (Å²) in [7, 11) is 0. The Morgan fingerprint density at radius 3 is 2.46 bits per heavy atom. The van der Waals surface area contributed by atoms with Crippen molar-refractivity contribution in [2.24, 2.45) is 0 Å². The molecule has 1 aliphatic heterocycles. The first-order valence-corrected chi connectivity index (χ1v) is 12.1. The van der Waals surface area contributed by atoms with Gasteiger partial charge >= 0.3 is 12.2 Å². The summed E-state index contributed by atoms with van der Waals surface area (Å²) in [5, 5.41) is 8.13. The number of halogens is 4. The fraction of sp³-hybridized carbons (Fsp3) is 0.222. The molecule has 1 saturated heterocycles. The average molecular weight is 541 g/mol. The zero-order chi connectivity index (χ0) is 27.4. The molecule has 5 rings (SSSR count). The van der Waals surface area contributed by atoms with Gasteiger partial charge in [-0.15, -0.1) is 0 Å². The van der Waals surface area contributed by atoms with Crippen molar-refractivity contribution in [3.8, 4) is 11.5 Å². The lowest BCUT2D eigenvalue weighted by Crippen LogP contribution is -2.43. The smallest absolute Gasteiger partial charge is 0.419 e. The fourth-order valence-corrected chi connectivity index (χ4v) is 4.15. The number of rotatable bonds is 6. The van der Waals surface area contributed by atoms with E-state index in [2.05, 4.69) is 25.8 Å². The maximum Gasteiger partial charge on any atom is 0.419 e. The molecule has 0 saturated carbocycles. The van der Waals surface area contributed by atoms with E-state index in [1.54, 1.807) is 48.7 Å². The van der Waals surface area contributed by atoms with Crippen LogP contribution in [0, 0.1) is 5.82 Å². The molecule has 202 valence electrons. The standard InChI is InChI=1S/C27H24F4N6O2/c28-23-6-4-18(13-22(23)27(29,30)31)36-26(38)35-17-2-1-3-20(12-17)39-21-5-7-24-25(14-21)34-19(15-33-24)16-37-10-8-32-9-11-37/h1-7,12-15,32H,8-11,16H2,(H2,35,36,38). The number of anilines is 2. The van der Waals surface area contributed by atoms with Gasteiger partial charge in [0.05, 0.1) is 28.5 Å². The number of nitrogens with one attached hydrogen (secondary N) is 3. The summed E-state index contributed by atoms with van der Waals surface area (Å²) < 4.78 is 58.3. The normalized spacial score (nSPS) is 14.3. The van der Waals surface area contributed by atoms with Crippen molar-refractivity contribution >= 4 is 28.4 Å². The van der Waals surface area contributed by atoms with Crippen LogP contribution in [-0.2, 0) is 12.7 Å². The first-order chi connectivity index (χ1) is 18.7. The van der Waals surface area contributed by atoms with E-state index in [0.29, 0.717) is 41.4 Å². The third-order valence-electron chi connectivity index (χ3n) is 6.02. The SMILES string of the molecule is O=C(Nc1cccc(Oc2ccc3ncc(CN4CCNCC4)nc3c2)c1)Nc1ccc(F)c(C(F)(F)F)c1. The number of alkyl halides is 3. The Labute approximate surface area is 221 Å². The van der Waals surface area contributed by atoms with Gasteiger partial charge in [0.25, 0.3) is 0 Å². The topological polar surface area (TPSA) is 91.4 Å². The quantitative estimate of drug-likeness (QED) is 0.275. The van der Waals surface area contributed by atoms with Crippen LogP contribution >= 0.6 is 0 Å². The highest BCUT2D eigenvalue weighted by molar-refractivity contribution is 5.99. The van der Waals surface area contributed by atoms with Crippen LogP contribution in [0.2, 0.25) is 0 Å². The highest BCUT2D eigenvalue weighted by atomic mass is 19.4. The zero-order valence-electron chi connectivity index (χ0n) is 20.6. The molecule has 0 bridgehead atoms. The first kappa shape index (κ1) is 26.3. The number of amides is 2. The number of carbonyl (C=O) groups is 1. The number of ether oxygens (including phenoxy) is 1. The molecule has 1 aromatic heterocycles. The molecule has 1 aliphatic rings. The highest BCUT2D eigenvalue weighted by Gasteiger charge is 2.34. The monoisotopic (exact) mass is 540 g/mol. The minimum Gasteiger partial charge on any atom is -0.457 e.